The van der Waals surface area contributed by atoms with Crippen molar-refractivity contribution < 1.29 is 18.3 Å². The first-order valence-electron chi connectivity index (χ1n) is 4.47. The number of carbonyl (C=O) groups is 1. The zero-order chi connectivity index (χ0) is 12.0. The molecule has 0 bridgehead atoms. The number of carbonyl (C=O) groups excluding carboxylic acids is 1. The Hall–Kier alpha value is -0.530. The zero-order valence-electron chi connectivity index (χ0n) is 8.21. The lowest BCUT2D eigenvalue weighted by Crippen LogP contribution is -2.27. The van der Waals surface area contributed by atoms with Gasteiger partial charge in [-0.25, -0.2) is 8.78 Å². The fraction of sp³-hybridized carbons (Fsp3) is 0.444. The van der Waals surface area contributed by atoms with Gasteiger partial charge in [-0.1, -0.05) is 0 Å². The molecule has 1 amide bonds. The average molecular weight is 314 g/mol. The van der Waals surface area contributed by atoms with Gasteiger partial charge in [0.2, 0.25) is 0 Å². The van der Waals surface area contributed by atoms with Crippen LogP contribution in [0.25, 0.3) is 0 Å². The second kappa shape index (κ2) is 6.93. The van der Waals surface area contributed by atoms with E-state index in [2.05, 4.69) is 26.0 Å². The van der Waals surface area contributed by atoms with Crippen LogP contribution in [-0.2, 0) is 4.74 Å². The molecule has 0 spiro atoms. The van der Waals surface area contributed by atoms with Crippen molar-refractivity contribution in [1.82, 2.24) is 5.32 Å². The van der Waals surface area contributed by atoms with Crippen LogP contribution in [0.2, 0.25) is 0 Å². The summed E-state index contributed by atoms with van der Waals surface area (Å²) in [5, 5.41) is 4.27. The van der Waals surface area contributed by atoms with Gasteiger partial charge in [0.15, 0.2) is 0 Å². The number of rotatable bonds is 6. The van der Waals surface area contributed by atoms with Crippen LogP contribution >= 0.6 is 27.3 Å². The van der Waals surface area contributed by atoms with Gasteiger partial charge in [0, 0.05) is 11.9 Å². The van der Waals surface area contributed by atoms with Crippen molar-refractivity contribution in [1.29, 1.82) is 0 Å². The Balaban J connectivity index is 2.16. The normalized spacial score (nSPS) is 10.8. The van der Waals surface area contributed by atoms with Gasteiger partial charge in [0.05, 0.1) is 16.0 Å². The highest BCUT2D eigenvalue weighted by atomic mass is 79.9. The largest absolute Gasteiger partial charge is 0.374 e. The molecular weight excluding hydrogens is 304 g/mol. The number of thiophene rings is 1. The molecule has 1 aromatic heterocycles. The third kappa shape index (κ3) is 5.00. The lowest BCUT2D eigenvalue weighted by atomic mass is 10.3. The summed E-state index contributed by atoms with van der Waals surface area (Å²) >= 11 is 4.65. The van der Waals surface area contributed by atoms with Crippen molar-refractivity contribution in [3.8, 4) is 0 Å². The van der Waals surface area contributed by atoms with E-state index in [-0.39, 0.29) is 19.1 Å². The van der Waals surface area contributed by atoms with Crippen LogP contribution in [-0.4, -0.2) is 32.1 Å². The van der Waals surface area contributed by atoms with Crippen molar-refractivity contribution in [3.05, 3.63) is 20.8 Å². The second-order valence-corrected chi connectivity index (χ2v) is 5.15. The van der Waals surface area contributed by atoms with Gasteiger partial charge in [-0.05, 0) is 22.0 Å². The number of amides is 1. The van der Waals surface area contributed by atoms with E-state index in [1.807, 2.05) is 0 Å². The fourth-order valence-corrected chi connectivity index (χ4v) is 2.08. The molecule has 16 heavy (non-hydrogen) atoms. The number of halogens is 3. The monoisotopic (exact) mass is 313 g/mol. The van der Waals surface area contributed by atoms with Crippen molar-refractivity contribution in [2.24, 2.45) is 0 Å². The van der Waals surface area contributed by atoms with E-state index >= 15 is 0 Å². The zero-order valence-corrected chi connectivity index (χ0v) is 10.6. The van der Waals surface area contributed by atoms with Crippen LogP contribution in [0.1, 0.15) is 10.4 Å². The molecule has 0 aliphatic rings. The first kappa shape index (κ1) is 13.5. The van der Waals surface area contributed by atoms with Gasteiger partial charge in [0.25, 0.3) is 12.3 Å². The summed E-state index contributed by atoms with van der Waals surface area (Å²) in [4.78, 5) is 11.4. The van der Waals surface area contributed by atoms with Crippen LogP contribution in [0.3, 0.4) is 0 Å². The fourth-order valence-electron chi connectivity index (χ4n) is 0.940. The van der Waals surface area contributed by atoms with Gasteiger partial charge in [-0.3, -0.25) is 4.79 Å². The lowest BCUT2D eigenvalue weighted by molar-refractivity contribution is 0.0188. The maximum absolute atomic E-state index is 11.7. The van der Waals surface area contributed by atoms with Crippen molar-refractivity contribution in [2.75, 3.05) is 19.8 Å². The molecule has 0 saturated carbocycles. The van der Waals surface area contributed by atoms with E-state index in [0.717, 1.165) is 3.79 Å². The van der Waals surface area contributed by atoms with Crippen LogP contribution in [0.15, 0.2) is 15.2 Å². The number of nitrogens with one attached hydrogen (secondary N) is 1. The molecular formula is C9H10BrF2NO2S. The smallest absolute Gasteiger partial charge is 0.261 e. The second-order valence-electron chi connectivity index (χ2n) is 2.86. The summed E-state index contributed by atoms with van der Waals surface area (Å²) in [5.74, 6) is -0.234. The predicted octanol–water partition coefficient (Wildman–Crippen LogP) is 2.52. The SMILES string of the molecule is O=C(NCCOCC(F)F)c1csc(Br)c1. The molecule has 0 saturated heterocycles. The Morgan fingerprint density at radius 3 is 2.94 bits per heavy atom. The maximum atomic E-state index is 11.7. The molecule has 1 heterocycles. The number of hydrogen-bond donors (Lipinski definition) is 1. The van der Waals surface area contributed by atoms with Crippen molar-refractivity contribution in [2.45, 2.75) is 6.43 Å². The van der Waals surface area contributed by atoms with E-state index in [1.165, 1.54) is 11.3 Å². The highest BCUT2D eigenvalue weighted by Gasteiger charge is 2.07. The molecule has 7 heteroatoms. The summed E-state index contributed by atoms with van der Waals surface area (Å²) in [6.07, 6.45) is -2.47. The average Bonchev–Trinajstić information content (AvgIpc) is 2.63. The van der Waals surface area contributed by atoms with Crippen LogP contribution < -0.4 is 5.32 Å². The molecule has 0 aromatic carbocycles. The molecule has 0 fully saturated rings. The summed E-state index contributed by atoms with van der Waals surface area (Å²) in [6.45, 7) is -0.291. The Morgan fingerprint density at radius 2 is 2.38 bits per heavy atom. The quantitative estimate of drug-likeness (QED) is 0.820. The standard InChI is InChI=1S/C9H10BrF2NO2S/c10-7-3-6(5-16-7)9(14)13-1-2-15-4-8(11)12/h3,5,8H,1-2,4H2,(H,13,14). The minimum Gasteiger partial charge on any atom is -0.374 e. The molecule has 0 atom stereocenters. The molecule has 0 radical (unpaired) electrons. The molecule has 1 N–H and O–H groups in total. The minimum absolute atomic E-state index is 0.0847. The van der Waals surface area contributed by atoms with Crippen molar-refractivity contribution in [3.63, 3.8) is 0 Å². The lowest BCUT2D eigenvalue weighted by Gasteiger charge is -2.04. The van der Waals surface area contributed by atoms with E-state index in [0.29, 0.717) is 5.56 Å². The summed E-state index contributed by atoms with van der Waals surface area (Å²) in [5.41, 5.74) is 0.547. The maximum Gasteiger partial charge on any atom is 0.261 e. The summed E-state index contributed by atoms with van der Waals surface area (Å²) < 4.78 is 28.8. The Labute approximate surface area is 104 Å². The van der Waals surface area contributed by atoms with Crippen molar-refractivity contribution >= 4 is 33.2 Å². The molecule has 90 valence electrons. The molecule has 0 aliphatic heterocycles. The topological polar surface area (TPSA) is 38.3 Å². The molecule has 0 aliphatic carbocycles. The third-order valence-electron chi connectivity index (χ3n) is 1.61. The van der Waals surface area contributed by atoms with E-state index in [9.17, 15) is 13.6 Å². The minimum atomic E-state index is -2.47. The number of ether oxygens (including phenoxy) is 1. The summed E-state index contributed by atoms with van der Waals surface area (Å²) in [7, 11) is 0. The number of hydrogen-bond acceptors (Lipinski definition) is 3. The predicted molar refractivity (Wildman–Crippen MR) is 61.2 cm³/mol. The number of alkyl halides is 2. The van der Waals surface area contributed by atoms with Gasteiger partial charge >= 0.3 is 0 Å². The first-order valence-corrected chi connectivity index (χ1v) is 6.15. The van der Waals surface area contributed by atoms with Crippen LogP contribution in [0.4, 0.5) is 8.78 Å². The van der Waals surface area contributed by atoms with Crippen LogP contribution in [0, 0.1) is 0 Å². The Morgan fingerprint density at radius 1 is 1.62 bits per heavy atom. The first-order chi connectivity index (χ1) is 7.59. The van der Waals surface area contributed by atoms with Gasteiger partial charge in [-0.2, -0.15) is 0 Å². The highest BCUT2D eigenvalue weighted by molar-refractivity contribution is 9.11. The van der Waals surface area contributed by atoms with E-state index in [1.54, 1.807) is 11.4 Å². The molecule has 1 rings (SSSR count). The Bertz CT molecular complexity index is 346. The summed E-state index contributed by atoms with van der Waals surface area (Å²) in [6, 6.07) is 1.69. The molecule has 1 aromatic rings. The van der Waals surface area contributed by atoms with E-state index in [4.69, 9.17) is 0 Å². The Kier molecular flexibility index (Phi) is 5.86. The van der Waals surface area contributed by atoms with E-state index < -0.39 is 13.0 Å². The molecule has 0 unspecified atom stereocenters. The molecule has 3 nitrogen and oxygen atoms in total. The van der Waals surface area contributed by atoms with Crippen LogP contribution in [0.5, 0.6) is 0 Å². The highest BCUT2D eigenvalue weighted by Crippen LogP contribution is 2.20. The van der Waals surface area contributed by atoms with Gasteiger partial charge < -0.3 is 10.1 Å². The van der Waals surface area contributed by atoms with Gasteiger partial charge in [-0.15, -0.1) is 11.3 Å². The van der Waals surface area contributed by atoms with Gasteiger partial charge in [0.1, 0.15) is 6.61 Å². The third-order valence-corrected chi connectivity index (χ3v) is 3.11.